The van der Waals surface area contributed by atoms with Crippen molar-refractivity contribution in [3.63, 3.8) is 0 Å². The van der Waals surface area contributed by atoms with Crippen LogP contribution in [0.4, 0.5) is 0 Å². The van der Waals surface area contributed by atoms with Crippen molar-refractivity contribution in [2.75, 3.05) is 6.61 Å². The number of ether oxygens (including phenoxy) is 1. The zero-order valence-corrected chi connectivity index (χ0v) is 15.9. The summed E-state index contributed by atoms with van der Waals surface area (Å²) in [6.07, 6.45) is 7.30. The van der Waals surface area contributed by atoms with Gasteiger partial charge < -0.3 is 9.30 Å². The number of thioether (sulfide) groups is 1. The molecule has 1 saturated heterocycles. The lowest BCUT2D eigenvalue weighted by atomic mass is 10.0. The summed E-state index contributed by atoms with van der Waals surface area (Å²) in [5, 5.41) is 0. The largest absolute Gasteiger partial charge is 0.360 e. The third-order valence-electron chi connectivity index (χ3n) is 4.96. The Hall–Kier alpha value is -2.04. The highest BCUT2D eigenvalue weighted by atomic mass is 32.2. The minimum Gasteiger partial charge on any atom is -0.360 e. The Kier molecular flexibility index (Phi) is 5.14. The molecule has 2 heterocycles. The lowest BCUT2D eigenvalue weighted by Crippen LogP contribution is -2.30. The van der Waals surface area contributed by atoms with Gasteiger partial charge >= 0.3 is 0 Å². The van der Waals surface area contributed by atoms with Gasteiger partial charge in [0.05, 0.1) is 0 Å². The van der Waals surface area contributed by atoms with E-state index in [4.69, 9.17) is 4.74 Å². The maximum Gasteiger partial charge on any atom is 0.139 e. The highest BCUT2D eigenvalue weighted by Gasteiger charge is 2.35. The van der Waals surface area contributed by atoms with Gasteiger partial charge in [0.2, 0.25) is 0 Å². The van der Waals surface area contributed by atoms with E-state index in [1.165, 1.54) is 17.5 Å². The Morgan fingerprint density at radius 3 is 2.54 bits per heavy atom. The quantitative estimate of drug-likeness (QED) is 0.601. The smallest absolute Gasteiger partial charge is 0.139 e. The van der Waals surface area contributed by atoms with Gasteiger partial charge in [-0.15, -0.1) is 11.8 Å². The zero-order valence-electron chi connectivity index (χ0n) is 15.1. The average Bonchev–Trinajstić information content (AvgIpc) is 3.14. The van der Waals surface area contributed by atoms with Gasteiger partial charge in [0.15, 0.2) is 0 Å². The van der Waals surface area contributed by atoms with Gasteiger partial charge in [0, 0.05) is 30.4 Å². The summed E-state index contributed by atoms with van der Waals surface area (Å²) in [5.74, 6) is 1.95. The van der Waals surface area contributed by atoms with Gasteiger partial charge in [-0.05, 0) is 49.4 Å². The van der Waals surface area contributed by atoms with Crippen molar-refractivity contribution in [2.24, 2.45) is 0 Å². The number of benzene rings is 2. The molecule has 26 heavy (non-hydrogen) atoms. The summed E-state index contributed by atoms with van der Waals surface area (Å²) >= 11 is 1.92. The fourth-order valence-electron chi connectivity index (χ4n) is 3.49. The van der Waals surface area contributed by atoms with E-state index < -0.39 is 0 Å². The first kappa shape index (κ1) is 17.4. The molecular formula is C22H24N2OS. The lowest BCUT2D eigenvalue weighted by Gasteiger charge is -2.37. The van der Waals surface area contributed by atoms with Crippen molar-refractivity contribution >= 4 is 11.8 Å². The molecule has 0 saturated carbocycles. The molecule has 1 aliphatic rings. The van der Waals surface area contributed by atoms with Crippen LogP contribution in [0.2, 0.25) is 0 Å². The van der Waals surface area contributed by atoms with Crippen molar-refractivity contribution in [3.05, 3.63) is 83.9 Å². The van der Waals surface area contributed by atoms with Crippen LogP contribution in [-0.4, -0.2) is 16.2 Å². The maximum atomic E-state index is 6.32. The number of nitrogens with zero attached hydrogens (tertiary/aromatic N) is 2. The van der Waals surface area contributed by atoms with Crippen LogP contribution >= 0.6 is 11.8 Å². The third-order valence-corrected chi connectivity index (χ3v) is 6.46. The number of imidazole rings is 1. The molecule has 0 amide bonds. The summed E-state index contributed by atoms with van der Waals surface area (Å²) in [7, 11) is 0. The first-order valence-corrected chi connectivity index (χ1v) is 10.2. The summed E-state index contributed by atoms with van der Waals surface area (Å²) in [4.78, 5) is 4.09. The molecule has 0 bridgehead atoms. The highest BCUT2D eigenvalue weighted by molar-refractivity contribution is 7.99. The van der Waals surface area contributed by atoms with E-state index in [0.717, 1.165) is 36.7 Å². The highest BCUT2D eigenvalue weighted by Crippen LogP contribution is 2.46. The van der Waals surface area contributed by atoms with Crippen molar-refractivity contribution in [1.29, 1.82) is 0 Å². The van der Waals surface area contributed by atoms with Gasteiger partial charge in [0.1, 0.15) is 10.8 Å². The molecule has 3 aromatic rings. The van der Waals surface area contributed by atoms with Crippen molar-refractivity contribution in [1.82, 2.24) is 9.55 Å². The van der Waals surface area contributed by atoms with Crippen molar-refractivity contribution < 1.29 is 4.74 Å². The third kappa shape index (κ3) is 3.57. The summed E-state index contributed by atoms with van der Waals surface area (Å²) < 4.78 is 8.43. The Labute approximate surface area is 159 Å². The topological polar surface area (TPSA) is 27.1 Å². The second kappa shape index (κ2) is 7.68. The van der Waals surface area contributed by atoms with Crippen LogP contribution in [0.3, 0.4) is 0 Å². The molecule has 4 heteroatoms. The number of hydrogen-bond donors (Lipinski definition) is 0. The first-order chi connectivity index (χ1) is 12.8. The SMILES string of the molecule is Cc1nccn1-c1ccc(CSC2(c3ccccc3)CCCCO2)cc1. The number of hydrogen-bond acceptors (Lipinski definition) is 3. The van der Waals surface area contributed by atoms with E-state index in [-0.39, 0.29) is 4.93 Å². The van der Waals surface area contributed by atoms with E-state index in [2.05, 4.69) is 64.1 Å². The molecule has 1 fully saturated rings. The molecule has 134 valence electrons. The van der Waals surface area contributed by atoms with Gasteiger partial charge in [0.25, 0.3) is 0 Å². The fraction of sp³-hybridized carbons (Fsp3) is 0.318. The fourth-order valence-corrected chi connectivity index (χ4v) is 4.84. The molecule has 1 aliphatic heterocycles. The molecule has 0 radical (unpaired) electrons. The maximum absolute atomic E-state index is 6.32. The van der Waals surface area contributed by atoms with Gasteiger partial charge in [-0.3, -0.25) is 0 Å². The van der Waals surface area contributed by atoms with Gasteiger partial charge in [-0.2, -0.15) is 0 Å². The minimum absolute atomic E-state index is 0.209. The van der Waals surface area contributed by atoms with Crippen LogP contribution in [0, 0.1) is 6.92 Å². The standard InChI is InChI=1S/C22H24N2OS/c1-18-23-14-15-24(18)21-11-9-19(10-12-21)17-26-22(13-5-6-16-25-22)20-7-3-2-4-8-20/h2-4,7-12,14-15H,5-6,13,16-17H2,1H3. The van der Waals surface area contributed by atoms with Gasteiger partial charge in [-0.25, -0.2) is 4.98 Å². The van der Waals surface area contributed by atoms with Crippen LogP contribution in [0.25, 0.3) is 5.69 Å². The van der Waals surface area contributed by atoms with E-state index in [9.17, 15) is 0 Å². The van der Waals surface area contributed by atoms with Crippen LogP contribution in [0.5, 0.6) is 0 Å². The lowest BCUT2D eigenvalue weighted by molar-refractivity contribution is -0.0140. The predicted octanol–water partition coefficient (Wildman–Crippen LogP) is 5.47. The Balaban J connectivity index is 1.50. The van der Waals surface area contributed by atoms with Crippen LogP contribution < -0.4 is 0 Å². The van der Waals surface area contributed by atoms with E-state index in [1.807, 2.05) is 31.1 Å². The average molecular weight is 365 g/mol. The molecule has 0 aliphatic carbocycles. The Morgan fingerprint density at radius 1 is 1.08 bits per heavy atom. The number of aryl methyl sites for hydroxylation is 1. The molecule has 4 rings (SSSR count). The number of aromatic nitrogens is 2. The van der Waals surface area contributed by atoms with Crippen molar-refractivity contribution in [2.45, 2.75) is 36.9 Å². The minimum atomic E-state index is -0.209. The van der Waals surface area contributed by atoms with Crippen LogP contribution in [0.1, 0.15) is 36.2 Å². The summed E-state index contributed by atoms with van der Waals surface area (Å²) in [5.41, 5.74) is 3.76. The summed E-state index contributed by atoms with van der Waals surface area (Å²) in [6.45, 7) is 2.87. The number of rotatable bonds is 5. The molecule has 1 atom stereocenters. The van der Waals surface area contributed by atoms with Crippen LogP contribution in [-0.2, 0) is 15.4 Å². The van der Waals surface area contributed by atoms with Gasteiger partial charge in [-0.1, -0.05) is 42.5 Å². The molecule has 1 unspecified atom stereocenters. The summed E-state index contributed by atoms with van der Waals surface area (Å²) in [6, 6.07) is 19.4. The molecule has 0 N–H and O–H groups in total. The van der Waals surface area contributed by atoms with Crippen molar-refractivity contribution in [3.8, 4) is 5.69 Å². The molecule has 0 spiro atoms. The second-order valence-electron chi connectivity index (χ2n) is 6.72. The van der Waals surface area contributed by atoms with Crippen LogP contribution in [0.15, 0.2) is 67.0 Å². The van der Waals surface area contributed by atoms with E-state index in [0.29, 0.717) is 0 Å². The molecule has 2 aromatic carbocycles. The zero-order chi connectivity index (χ0) is 17.8. The molecule has 1 aromatic heterocycles. The molecule has 3 nitrogen and oxygen atoms in total. The Morgan fingerprint density at radius 2 is 1.88 bits per heavy atom. The monoisotopic (exact) mass is 364 g/mol. The Bertz CT molecular complexity index is 836. The second-order valence-corrected chi connectivity index (χ2v) is 7.96. The van der Waals surface area contributed by atoms with E-state index in [1.54, 1.807) is 0 Å². The molecular weight excluding hydrogens is 340 g/mol. The predicted molar refractivity (Wildman–Crippen MR) is 108 cm³/mol. The van der Waals surface area contributed by atoms with E-state index >= 15 is 0 Å². The first-order valence-electron chi connectivity index (χ1n) is 9.20. The normalized spacial score (nSPS) is 20.2.